The van der Waals surface area contributed by atoms with Gasteiger partial charge in [-0.05, 0) is 32.9 Å². The average molecular weight is 328 g/mol. The van der Waals surface area contributed by atoms with Crippen molar-refractivity contribution in [1.29, 1.82) is 0 Å². The average Bonchev–Trinajstić information content (AvgIpc) is 2.98. The third-order valence-electron chi connectivity index (χ3n) is 2.87. The van der Waals surface area contributed by atoms with Crippen LogP contribution in [0.25, 0.3) is 11.5 Å². The number of hydrogen-bond acceptors (Lipinski definition) is 8. The van der Waals surface area contributed by atoms with E-state index in [0.29, 0.717) is 22.5 Å². The molecular weight excluding hydrogens is 312 g/mol. The Morgan fingerprint density at radius 1 is 1.13 bits per heavy atom. The van der Waals surface area contributed by atoms with Gasteiger partial charge < -0.3 is 10.1 Å². The number of aryl methyl sites for hydroxylation is 1. The molecule has 0 aromatic carbocycles. The standard InChI is InChI=1S/C15H16N6OS/c1-9(2)22-11-4-5-12(18-8-11)14-20-15(23-21-14)19-13-10(3)16-6-7-17-13/h4-9H,1-3H3,(H,17,19,20,21). The number of rotatable bonds is 5. The van der Waals surface area contributed by atoms with Crippen molar-refractivity contribution in [2.24, 2.45) is 0 Å². The lowest BCUT2D eigenvalue weighted by Crippen LogP contribution is -2.05. The summed E-state index contributed by atoms with van der Waals surface area (Å²) in [5.41, 5.74) is 1.50. The van der Waals surface area contributed by atoms with Gasteiger partial charge in [0, 0.05) is 23.9 Å². The quantitative estimate of drug-likeness (QED) is 0.769. The van der Waals surface area contributed by atoms with Gasteiger partial charge in [0.25, 0.3) is 0 Å². The lowest BCUT2D eigenvalue weighted by atomic mass is 10.3. The molecule has 0 saturated carbocycles. The lowest BCUT2D eigenvalue weighted by Gasteiger charge is -2.08. The van der Waals surface area contributed by atoms with Crippen molar-refractivity contribution in [3.8, 4) is 17.3 Å². The second kappa shape index (κ2) is 6.66. The van der Waals surface area contributed by atoms with Crippen molar-refractivity contribution in [2.45, 2.75) is 26.9 Å². The summed E-state index contributed by atoms with van der Waals surface area (Å²) in [6, 6.07) is 3.71. The minimum atomic E-state index is 0.117. The maximum absolute atomic E-state index is 5.57. The molecule has 0 spiro atoms. The van der Waals surface area contributed by atoms with E-state index >= 15 is 0 Å². The molecule has 3 heterocycles. The molecule has 0 atom stereocenters. The van der Waals surface area contributed by atoms with Gasteiger partial charge >= 0.3 is 0 Å². The lowest BCUT2D eigenvalue weighted by molar-refractivity contribution is 0.241. The van der Waals surface area contributed by atoms with Crippen LogP contribution in [-0.4, -0.2) is 30.4 Å². The zero-order valence-electron chi connectivity index (χ0n) is 13.0. The van der Waals surface area contributed by atoms with Gasteiger partial charge in [0.2, 0.25) is 5.13 Å². The first-order chi connectivity index (χ1) is 11.1. The third kappa shape index (κ3) is 3.78. The van der Waals surface area contributed by atoms with Gasteiger partial charge in [0.05, 0.1) is 18.0 Å². The molecule has 3 rings (SSSR count). The number of nitrogens with one attached hydrogen (secondary N) is 1. The fourth-order valence-electron chi connectivity index (χ4n) is 1.86. The van der Waals surface area contributed by atoms with Crippen molar-refractivity contribution in [3.63, 3.8) is 0 Å². The Labute approximate surface area is 138 Å². The fourth-order valence-corrected chi connectivity index (χ4v) is 2.44. The van der Waals surface area contributed by atoms with E-state index < -0.39 is 0 Å². The molecule has 8 heteroatoms. The number of pyridine rings is 1. The minimum absolute atomic E-state index is 0.117. The normalized spacial score (nSPS) is 10.8. The molecule has 7 nitrogen and oxygen atoms in total. The second-order valence-corrected chi connectivity index (χ2v) is 5.84. The maximum atomic E-state index is 5.57. The first-order valence-corrected chi connectivity index (χ1v) is 7.90. The molecule has 0 fully saturated rings. The number of hydrogen-bond donors (Lipinski definition) is 1. The van der Waals surface area contributed by atoms with Gasteiger partial charge in [0.15, 0.2) is 11.6 Å². The van der Waals surface area contributed by atoms with Crippen LogP contribution in [0.2, 0.25) is 0 Å². The Bertz CT molecular complexity index is 787. The highest BCUT2D eigenvalue weighted by molar-refractivity contribution is 7.09. The zero-order valence-corrected chi connectivity index (χ0v) is 13.8. The van der Waals surface area contributed by atoms with Crippen LogP contribution in [0.5, 0.6) is 5.75 Å². The summed E-state index contributed by atoms with van der Waals surface area (Å²) >= 11 is 1.25. The Morgan fingerprint density at radius 3 is 2.65 bits per heavy atom. The van der Waals surface area contributed by atoms with Crippen LogP contribution in [0, 0.1) is 6.92 Å². The van der Waals surface area contributed by atoms with Crippen molar-refractivity contribution >= 4 is 22.5 Å². The Morgan fingerprint density at radius 2 is 1.96 bits per heavy atom. The van der Waals surface area contributed by atoms with E-state index in [2.05, 4.69) is 29.6 Å². The highest BCUT2D eigenvalue weighted by atomic mass is 32.1. The van der Waals surface area contributed by atoms with Crippen molar-refractivity contribution in [2.75, 3.05) is 5.32 Å². The summed E-state index contributed by atoms with van der Waals surface area (Å²) in [4.78, 5) is 17.2. The molecule has 0 aliphatic carbocycles. The van der Waals surface area contributed by atoms with E-state index in [9.17, 15) is 0 Å². The van der Waals surface area contributed by atoms with Crippen molar-refractivity contribution < 1.29 is 4.74 Å². The Kier molecular flexibility index (Phi) is 4.42. The van der Waals surface area contributed by atoms with Crippen LogP contribution in [0.3, 0.4) is 0 Å². The third-order valence-corrected chi connectivity index (χ3v) is 3.50. The van der Waals surface area contributed by atoms with Crippen LogP contribution in [-0.2, 0) is 0 Å². The highest BCUT2D eigenvalue weighted by Gasteiger charge is 2.10. The predicted molar refractivity (Wildman–Crippen MR) is 89.0 cm³/mol. The number of aromatic nitrogens is 5. The summed E-state index contributed by atoms with van der Waals surface area (Å²) in [5, 5.41) is 3.76. The summed E-state index contributed by atoms with van der Waals surface area (Å²) in [6.07, 6.45) is 5.07. The summed E-state index contributed by atoms with van der Waals surface area (Å²) in [6.45, 7) is 5.83. The van der Waals surface area contributed by atoms with E-state index in [1.807, 2.05) is 32.9 Å². The van der Waals surface area contributed by atoms with Gasteiger partial charge in [-0.3, -0.25) is 4.98 Å². The van der Waals surface area contributed by atoms with E-state index in [1.54, 1.807) is 18.6 Å². The molecule has 0 bridgehead atoms. The molecule has 0 radical (unpaired) electrons. The predicted octanol–water partition coefficient (Wildman–Crippen LogP) is 3.23. The summed E-state index contributed by atoms with van der Waals surface area (Å²) in [5.74, 6) is 1.96. The smallest absolute Gasteiger partial charge is 0.208 e. The van der Waals surface area contributed by atoms with Crippen LogP contribution in [0.4, 0.5) is 10.9 Å². The van der Waals surface area contributed by atoms with E-state index in [1.165, 1.54) is 11.5 Å². The highest BCUT2D eigenvalue weighted by Crippen LogP contribution is 2.24. The molecule has 0 aliphatic heterocycles. The van der Waals surface area contributed by atoms with Gasteiger partial charge in [-0.1, -0.05) is 0 Å². The molecule has 1 N–H and O–H groups in total. The van der Waals surface area contributed by atoms with Crippen LogP contribution in [0.1, 0.15) is 19.5 Å². The molecule has 3 aromatic heterocycles. The molecule has 0 unspecified atom stereocenters. The van der Waals surface area contributed by atoms with E-state index in [0.717, 1.165) is 11.4 Å². The first-order valence-electron chi connectivity index (χ1n) is 7.13. The molecule has 118 valence electrons. The molecule has 0 amide bonds. The maximum Gasteiger partial charge on any atom is 0.208 e. The number of nitrogens with zero attached hydrogens (tertiary/aromatic N) is 5. The Hall–Kier alpha value is -2.61. The zero-order chi connectivity index (χ0) is 16.2. The van der Waals surface area contributed by atoms with E-state index in [4.69, 9.17) is 4.74 Å². The Balaban J connectivity index is 1.75. The van der Waals surface area contributed by atoms with Gasteiger partial charge in [0.1, 0.15) is 11.4 Å². The molecule has 0 aliphatic rings. The van der Waals surface area contributed by atoms with Crippen LogP contribution in [0.15, 0.2) is 30.7 Å². The monoisotopic (exact) mass is 328 g/mol. The SMILES string of the molecule is Cc1nccnc1Nc1nc(-c2ccc(OC(C)C)cn2)ns1. The molecule has 0 saturated heterocycles. The van der Waals surface area contributed by atoms with Gasteiger partial charge in [-0.25, -0.2) is 9.97 Å². The fraction of sp³-hybridized carbons (Fsp3) is 0.267. The van der Waals surface area contributed by atoms with E-state index in [-0.39, 0.29) is 6.10 Å². The summed E-state index contributed by atoms with van der Waals surface area (Å²) in [7, 11) is 0. The molecular formula is C15H16N6OS. The topological polar surface area (TPSA) is 85.7 Å². The summed E-state index contributed by atoms with van der Waals surface area (Å²) < 4.78 is 9.89. The minimum Gasteiger partial charge on any atom is -0.489 e. The van der Waals surface area contributed by atoms with Crippen molar-refractivity contribution in [3.05, 3.63) is 36.4 Å². The molecule has 23 heavy (non-hydrogen) atoms. The van der Waals surface area contributed by atoms with Gasteiger partial charge in [-0.2, -0.15) is 9.36 Å². The van der Waals surface area contributed by atoms with Crippen LogP contribution < -0.4 is 10.1 Å². The number of anilines is 2. The molecule has 3 aromatic rings. The van der Waals surface area contributed by atoms with Crippen molar-refractivity contribution in [1.82, 2.24) is 24.3 Å². The van der Waals surface area contributed by atoms with Gasteiger partial charge in [-0.15, -0.1) is 0 Å². The van der Waals surface area contributed by atoms with Crippen LogP contribution >= 0.6 is 11.5 Å². The second-order valence-electron chi connectivity index (χ2n) is 5.08. The first kappa shape index (κ1) is 15.3. The largest absolute Gasteiger partial charge is 0.489 e. The number of ether oxygens (including phenoxy) is 1.